The van der Waals surface area contributed by atoms with Crippen LogP contribution in [0.1, 0.15) is 28.2 Å². The Kier molecular flexibility index (Phi) is 3.26. The smallest absolute Gasteiger partial charge is 0.208 e. The van der Waals surface area contributed by atoms with Crippen LogP contribution in [-0.2, 0) is 0 Å². The summed E-state index contributed by atoms with van der Waals surface area (Å²) in [5.74, 6) is 1.44. The molecule has 2 aliphatic rings. The van der Waals surface area contributed by atoms with E-state index in [0.29, 0.717) is 30.0 Å². The van der Waals surface area contributed by atoms with Crippen molar-refractivity contribution in [3.8, 4) is 11.5 Å². The number of carbonyl (C=O) groups is 1. The molecule has 120 valence electrons. The zero-order chi connectivity index (χ0) is 16.0. The number of rotatable bonds is 2. The molecule has 0 saturated carbocycles. The third kappa shape index (κ3) is 2.45. The van der Waals surface area contributed by atoms with Gasteiger partial charge in [0.25, 0.3) is 0 Å². The summed E-state index contributed by atoms with van der Waals surface area (Å²) in [6.45, 7) is 3.43. The van der Waals surface area contributed by atoms with E-state index < -0.39 is 5.60 Å². The monoisotopic (exact) mass is 331 g/mol. The molecule has 1 aromatic carbocycles. The summed E-state index contributed by atoms with van der Waals surface area (Å²) in [6, 6.07) is 5.40. The van der Waals surface area contributed by atoms with E-state index in [1.165, 1.54) is 0 Å². The Hall–Kier alpha value is -2.15. The summed E-state index contributed by atoms with van der Waals surface area (Å²) in [6.07, 6.45) is 1.20. The summed E-state index contributed by atoms with van der Waals surface area (Å²) in [4.78, 5) is 14.7. The number of nitrogens with zero attached hydrogens (tertiary/aromatic N) is 3. The molecule has 0 bridgehead atoms. The first kappa shape index (κ1) is 14.4. The number of aromatic nitrogens is 2. The van der Waals surface area contributed by atoms with E-state index in [4.69, 9.17) is 9.47 Å². The average Bonchev–Trinajstić information content (AvgIpc) is 3.14. The molecule has 1 fully saturated rings. The summed E-state index contributed by atoms with van der Waals surface area (Å²) < 4.78 is 11.4. The second-order valence-electron chi connectivity index (χ2n) is 6.02. The van der Waals surface area contributed by atoms with Gasteiger partial charge in [-0.05, 0) is 25.1 Å². The van der Waals surface area contributed by atoms with Gasteiger partial charge in [0.05, 0.1) is 25.6 Å². The number of ether oxygens (including phenoxy) is 2. The number of Topliss-reactive ketones (excluding diaryl/α,β-unsaturated/α-hetero) is 1. The molecule has 2 aliphatic heterocycles. The lowest BCUT2D eigenvalue weighted by molar-refractivity contribution is 0.0537. The summed E-state index contributed by atoms with van der Waals surface area (Å²) in [5.41, 5.74) is 0.151. The molecule has 0 aliphatic carbocycles. The summed E-state index contributed by atoms with van der Waals surface area (Å²) in [7, 11) is 1.59. The van der Waals surface area contributed by atoms with Gasteiger partial charge in [-0.25, -0.2) is 0 Å². The van der Waals surface area contributed by atoms with Crippen molar-refractivity contribution in [2.24, 2.45) is 0 Å². The predicted octanol–water partition coefficient (Wildman–Crippen LogP) is 2.47. The quantitative estimate of drug-likeness (QED) is 0.842. The number of benzene rings is 1. The first-order valence-electron chi connectivity index (χ1n) is 7.54. The van der Waals surface area contributed by atoms with E-state index in [1.54, 1.807) is 24.5 Å². The molecule has 0 radical (unpaired) electrons. The van der Waals surface area contributed by atoms with Crippen molar-refractivity contribution in [2.75, 3.05) is 25.1 Å². The molecule has 3 heterocycles. The second-order valence-corrected chi connectivity index (χ2v) is 7.18. The number of anilines is 1. The van der Waals surface area contributed by atoms with E-state index in [9.17, 15) is 4.79 Å². The van der Waals surface area contributed by atoms with Crippen molar-refractivity contribution in [3.05, 3.63) is 28.8 Å². The Bertz CT molecular complexity index is 776. The molecule has 2 aromatic rings. The number of fused-ring (bicyclic) bond motifs is 1. The SMILES string of the molecule is COc1ccc2c(c1)C(=O)CC1(CCN(c3nnc(C)s3)C1)O2. The Morgan fingerprint density at radius 1 is 1.39 bits per heavy atom. The lowest BCUT2D eigenvalue weighted by atomic mass is 9.89. The highest BCUT2D eigenvalue weighted by Crippen LogP contribution is 2.41. The average molecular weight is 331 g/mol. The standard InChI is InChI=1S/C16H17N3O3S/c1-10-17-18-15(23-10)19-6-5-16(9-19)8-13(20)12-7-11(21-2)3-4-14(12)22-16/h3-4,7H,5-6,8-9H2,1-2H3. The molecule has 23 heavy (non-hydrogen) atoms. The van der Waals surface area contributed by atoms with Crippen LogP contribution in [0.4, 0.5) is 5.13 Å². The highest BCUT2D eigenvalue weighted by atomic mass is 32.1. The minimum absolute atomic E-state index is 0.112. The molecule has 0 N–H and O–H groups in total. The van der Waals surface area contributed by atoms with Gasteiger partial charge in [-0.2, -0.15) is 0 Å². The molecule has 1 atom stereocenters. The summed E-state index contributed by atoms with van der Waals surface area (Å²) in [5, 5.41) is 10.1. The molecular formula is C16H17N3O3S. The normalized spacial score (nSPS) is 23.0. The summed E-state index contributed by atoms with van der Waals surface area (Å²) >= 11 is 1.57. The van der Waals surface area contributed by atoms with Crippen LogP contribution in [0.25, 0.3) is 0 Å². The van der Waals surface area contributed by atoms with Crippen LogP contribution in [-0.4, -0.2) is 41.8 Å². The molecule has 6 nitrogen and oxygen atoms in total. The van der Waals surface area contributed by atoms with Crippen LogP contribution in [0.2, 0.25) is 0 Å². The molecular weight excluding hydrogens is 314 g/mol. The van der Waals surface area contributed by atoms with E-state index >= 15 is 0 Å². The van der Waals surface area contributed by atoms with Gasteiger partial charge in [0.2, 0.25) is 5.13 Å². The number of hydrogen-bond donors (Lipinski definition) is 0. The molecule has 7 heteroatoms. The van der Waals surface area contributed by atoms with Gasteiger partial charge in [-0.15, -0.1) is 10.2 Å². The maximum atomic E-state index is 12.6. The Labute approximate surface area is 138 Å². The topological polar surface area (TPSA) is 64.5 Å². The Balaban J connectivity index is 1.60. The third-order valence-electron chi connectivity index (χ3n) is 4.40. The molecule has 4 rings (SSSR count). The number of carbonyl (C=O) groups excluding carboxylic acids is 1. The highest BCUT2D eigenvalue weighted by molar-refractivity contribution is 7.15. The first-order valence-corrected chi connectivity index (χ1v) is 8.36. The number of ketones is 1. The third-order valence-corrected chi connectivity index (χ3v) is 5.30. The molecule has 1 aromatic heterocycles. The van der Waals surface area contributed by atoms with Gasteiger partial charge in [-0.3, -0.25) is 4.79 Å². The van der Waals surface area contributed by atoms with Gasteiger partial charge in [0, 0.05) is 13.0 Å². The van der Waals surface area contributed by atoms with Gasteiger partial charge in [0.1, 0.15) is 22.1 Å². The fraction of sp³-hybridized carbons (Fsp3) is 0.438. The maximum Gasteiger partial charge on any atom is 0.208 e. The van der Waals surface area contributed by atoms with Crippen molar-refractivity contribution in [1.82, 2.24) is 10.2 Å². The van der Waals surface area contributed by atoms with Gasteiger partial charge in [0.15, 0.2) is 5.78 Å². The minimum atomic E-state index is -0.460. The molecule has 1 spiro atoms. The van der Waals surface area contributed by atoms with Crippen LogP contribution in [0.15, 0.2) is 18.2 Å². The van der Waals surface area contributed by atoms with E-state index in [1.807, 2.05) is 19.1 Å². The predicted molar refractivity (Wildman–Crippen MR) is 86.8 cm³/mol. The second kappa shape index (κ2) is 5.19. The van der Waals surface area contributed by atoms with Crippen LogP contribution in [0, 0.1) is 6.92 Å². The first-order chi connectivity index (χ1) is 11.1. The van der Waals surface area contributed by atoms with Crippen molar-refractivity contribution < 1.29 is 14.3 Å². The number of aryl methyl sites for hydroxylation is 1. The van der Waals surface area contributed by atoms with Gasteiger partial charge < -0.3 is 14.4 Å². The van der Waals surface area contributed by atoms with E-state index in [-0.39, 0.29) is 5.78 Å². The molecule has 1 unspecified atom stereocenters. The van der Waals surface area contributed by atoms with Crippen molar-refractivity contribution in [3.63, 3.8) is 0 Å². The molecule has 1 saturated heterocycles. The Morgan fingerprint density at radius 3 is 3.00 bits per heavy atom. The van der Waals surface area contributed by atoms with Crippen LogP contribution >= 0.6 is 11.3 Å². The fourth-order valence-corrected chi connectivity index (χ4v) is 3.96. The lowest BCUT2D eigenvalue weighted by Crippen LogP contribution is -2.44. The van der Waals surface area contributed by atoms with Crippen LogP contribution < -0.4 is 14.4 Å². The van der Waals surface area contributed by atoms with E-state index in [2.05, 4.69) is 15.1 Å². The maximum absolute atomic E-state index is 12.6. The van der Waals surface area contributed by atoms with Crippen LogP contribution in [0.5, 0.6) is 11.5 Å². The van der Waals surface area contributed by atoms with Crippen molar-refractivity contribution in [1.29, 1.82) is 0 Å². The minimum Gasteiger partial charge on any atom is -0.497 e. The zero-order valence-electron chi connectivity index (χ0n) is 13.0. The van der Waals surface area contributed by atoms with Gasteiger partial charge >= 0.3 is 0 Å². The van der Waals surface area contributed by atoms with Gasteiger partial charge in [-0.1, -0.05) is 11.3 Å². The highest BCUT2D eigenvalue weighted by Gasteiger charge is 2.46. The Morgan fingerprint density at radius 2 is 2.26 bits per heavy atom. The van der Waals surface area contributed by atoms with Crippen molar-refractivity contribution in [2.45, 2.75) is 25.4 Å². The zero-order valence-corrected chi connectivity index (χ0v) is 13.9. The number of methoxy groups -OCH3 is 1. The van der Waals surface area contributed by atoms with Crippen LogP contribution in [0.3, 0.4) is 0 Å². The largest absolute Gasteiger partial charge is 0.497 e. The number of hydrogen-bond acceptors (Lipinski definition) is 7. The lowest BCUT2D eigenvalue weighted by Gasteiger charge is -2.34. The van der Waals surface area contributed by atoms with E-state index in [0.717, 1.165) is 23.1 Å². The molecule has 0 amide bonds. The fourth-order valence-electron chi connectivity index (χ4n) is 3.25. The van der Waals surface area contributed by atoms with Crippen molar-refractivity contribution >= 4 is 22.3 Å².